The third-order valence-electron chi connectivity index (χ3n) is 3.84. The number of fused-ring (bicyclic) bond motifs is 1. The molecule has 1 amide bonds. The summed E-state index contributed by atoms with van der Waals surface area (Å²) < 4.78 is 45.4. The molecule has 2 aromatic carbocycles. The molecule has 0 saturated carbocycles. The second kappa shape index (κ2) is 7.33. The average Bonchev–Trinajstić information content (AvgIpc) is 2.62. The molecule has 27 heavy (non-hydrogen) atoms. The van der Waals surface area contributed by atoms with E-state index >= 15 is 0 Å². The number of hydrogen-bond donors (Lipinski definition) is 3. The van der Waals surface area contributed by atoms with Crippen molar-refractivity contribution in [2.24, 2.45) is 0 Å². The van der Waals surface area contributed by atoms with Gasteiger partial charge in [0.1, 0.15) is 17.6 Å². The minimum absolute atomic E-state index is 0.167. The number of nitrogens with one attached hydrogen (secondary N) is 2. The first-order valence-corrected chi connectivity index (χ1v) is 9.29. The topological polar surface area (TPSA) is 122 Å². The normalized spacial score (nSPS) is 14.6. The van der Waals surface area contributed by atoms with Crippen LogP contribution in [0.3, 0.4) is 0 Å². The Labute approximate surface area is 154 Å². The van der Waals surface area contributed by atoms with Crippen molar-refractivity contribution >= 4 is 27.6 Å². The van der Waals surface area contributed by atoms with Crippen LogP contribution >= 0.6 is 0 Å². The van der Waals surface area contributed by atoms with Crippen LogP contribution in [0.4, 0.5) is 10.1 Å². The maximum absolute atomic E-state index is 13.0. The zero-order valence-corrected chi connectivity index (χ0v) is 14.6. The first-order valence-electron chi connectivity index (χ1n) is 7.81. The summed E-state index contributed by atoms with van der Waals surface area (Å²) in [5.41, 5.74) is 0.636. The Kier molecular flexibility index (Phi) is 5.10. The van der Waals surface area contributed by atoms with E-state index in [1.165, 1.54) is 30.3 Å². The van der Waals surface area contributed by atoms with Gasteiger partial charge in [-0.2, -0.15) is 4.72 Å². The van der Waals surface area contributed by atoms with Crippen LogP contribution in [0.5, 0.6) is 5.75 Å². The Morgan fingerprint density at radius 1 is 1.26 bits per heavy atom. The van der Waals surface area contributed by atoms with E-state index in [0.29, 0.717) is 11.3 Å². The third-order valence-corrected chi connectivity index (χ3v) is 5.31. The molecule has 0 radical (unpaired) electrons. The van der Waals surface area contributed by atoms with Crippen molar-refractivity contribution in [1.29, 1.82) is 0 Å². The van der Waals surface area contributed by atoms with Crippen molar-refractivity contribution in [1.82, 2.24) is 4.72 Å². The molecule has 3 rings (SSSR count). The molecule has 2 aromatic rings. The van der Waals surface area contributed by atoms with Crippen LogP contribution in [-0.4, -0.2) is 38.0 Å². The van der Waals surface area contributed by atoms with Crippen LogP contribution in [0.25, 0.3) is 0 Å². The molecule has 0 bridgehead atoms. The quantitative estimate of drug-likeness (QED) is 0.675. The molecule has 10 heteroatoms. The highest BCUT2D eigenvalue weighted by Gasteiger charge is 2.27. The van der Waals surface area contributed by atoms with Crippen LogP contribution in [0, 0.1) is 5.82 Å². The largest absolute Gasteiger partial charge is 0.482 e. The molecule has 3 N–H and O–H groups in total. The summed E-state index contributed by atoms with van der Waals surface area (Å²) in [4.78, 5) is 22.6. The number of carbonyl (C=O) groups is 2. The lowest BCUT2D eigenvalue weighted by Crippen LogP contribution is -2.42. The standard InChI is InChI=1S/C17H15FN2O6S/c18-11-3-1-10(2-4-11)7-14(17(22)23)20-27(24,25)12-5-6-15-13(8-12)19-16(21)9-26-15/h1-6,8,14,20H,7,9H2,(H,19,21)(H,22,23)/t14-/m0/s1. The number of halogens is 1. The monoisotopic (exact) mass is 394 g/mol. The third kappa shape index (κ3) is 4.41. The average molecular weight is 394 g/mol. The number of carboxylic acids is 1. The molecule has 1 aliphatic heterocycles. The Morgan fingerprint density at radius 3 is 2.63 bits per heavy atom. The molecule has 1 atom stereocenters. The van der Waals surface area contributed by atoms with Crippen molar-refractivity contribution in [2.45, 2.75) is 17.4 Å². The Balaban J connectivity index is 1.82. The first-order chi connectivity index (χ1) is 12.7. The fraction of sp³-hybridized carbons (Fsp3) is 0.176. The summed E-state index contributed by atoms with van der Waals surface area (Å²) in [6.45, 7) is -0.171. The van der Waals surface area contributed by atoms with E-state index in [4.69, 9.17) is 4.74 Å². The van der Waals surface area contributed by atoms with Gasteiger partial charge in [0.05, 0.1) is 10.6 Å². The molecule has 1 heterocycles. The van der Waals surface area contributed by atoms with E-state index in [1.807, 2.05) is 0 Å². The maximum Gasteiger partial charge on any atom is 0.322 e. The van der Waals surface area contributed by atoms with Crippen molar-refractivity contribution < 1.29 is 32.2 Å². The molecule has 0 fully saturated rings. The van der Waals surface area contributed by atoms with Gasteiger partial charge < -0.3 is 15.2 Å². The van der Waals surface area contributed by atoms with Crippen LogP contribution < -0.4 is 14.8 Å². The van der Waals surface area contributed by atoms with E-state index in [-0.39, 0.29) is 23.6 Å². The number of rotatable bonds is 6. The molecule has 0 spiro atoms. The van der Waals surface area contributed by atoms with E-state index < -0.39 is 33.8 Å². The van der Waals surface area contributed by atoms with Gasteiger partial charge >= 0.3 is 5.97 Å². The number of carboxylic acid groups (broad SMARTS) is 1. The zero-order chi connectivity index (χ0) is 19.6. The second-order valence-electron chi connectivity index (χ2n) is 5.84. The van der Waals surface area contributed by atoms with Gasteiger partial charge in [-0.1, -0.05) is 12.1 Å². The number of benzene rings is 2. The Bertz CT molecular complexity index is 991. The first kappa shape index (κ1) is 18.8. The summed E-state index contributed by atoms with van der Waals surface area (Å²) in [5.74, 6) is -1.97. The van der Waals surface area contributed by atoms with Gasteiger partial charge in [-0.05, 0) is 42.3 Å². The van der Waals surface area contributed by atoms with Crippen molar-refractivity contribution in [3.8, 4) is 5.75 Å². The summed E-state index contributed by atoms with van der Waals surface area (Å²) in [5, 5.41) is 11.8. The lowest BCUT2D eigenvalue weighted by Gasteiger charge is -2.19. The van der Waals surface area contributed by atoms with Crippen LogP contribution in [0.1, 0.15) is 5.56 Å². The van der Waals surface area contributed by atoms with Gasteiger partial charge in [0, 0.05) is 0 Å². The van der Waals surface area contributed by atoms with Crippen LogP contribution in [0.2, 0.25) is 0 Å². The zero-order valence-electron chi connectivity index (χ0n) is 13.8. The lowest BCUT2D eigenvalue weighted by atomic mass is 10.1. The molecule has 142 valence electrons. The number of sulfonamides is 1. The van der Waals surface area contributed by atoms with Crippen molar-refractivity contribution in [2.75, 3.05) is 11.9 Å². The van der Waals surface area contributed by atoms with Crippen LogP contribution in [-0.2, 0) is 26.0 Å². The fourth-order valence-electron chi connectivity index (χ4n) is 2.52. The number of aliphatic carboxylic acids is 1. The molecule has 0 saturated heterocycles. The van der Waals surface area contributed by atoms with Gasteiger partial charge in [-0.15, -0.1) is 0 Å². The second-order valence-corrected chi connectivity index (χ2v) is 7.55. The number of anilines is 1. The number of hydrogen-bond acceptors (Lipinski definition) is 5. The Morgan fingerprint density at radius 2 is 1.96 bits per heavy atom. The minimum Gasteiger partial charge on any atom is -0.482 e. The SMILES string of the molecule is O=C1COc2ccc(S(=O)(=O)N[C@@H](Cc3ccc(F)cc3)C(=O)O)cc2N1. The summed E-state index contributed by atoms with van der Waals surface area (Å²) in [7, 11) is -4.20. The summed E-state index contributed by atoms with van der Waals surface area (Å²) in [6.07, 6.45) is -0.167. The van der Waals surface area contributed by atoms with Gasteiger partial charge in [-0.3, -0.25) is 9.59 Å². The summed E-state index contributed by atoms with van der Waals surface area (Å²) >= 11 is 0. The molecule has 0 aliphatic carbocycles. The highest BCUT2D eigenvalue weighted by Crippen LogP contribution is 2.30. The van der Waals surface area contributed by atoms with Gasteiger partial charge in [0.2, 0.25) is 10.0 Å². The van der Waals surface area contributed by atoms with Gasteiger partial charge in [-0.25, -0.2) is 12.8 Å². The smallest absolute Gasteiger partial charge is 0.322 e. The molecular weight excluding hydrogens is 379 g/mol. The highest BCUT2D eigenvalue weighted by atomic mass is 32.2. The number of ether oxygens (including phenoxy) is 1. The molecule has 0 unspecified atom stereocenters. The van der Waals surface area contributed by atoms with E-state index in [0.717, 1.165) is 12.1 Å². The van der Waals surface area contributed by atoms with Crippen LogP contribution in [0.15, 0.2) is 47.4 Å². The number of amides is 1. The predicted octanol–water partition coefficient (Wildman–Crippen LogP) is 1.13. The number of carbonyl (C=O) groups excluding carboxylic acids is 1. The molecule has 8 nitrogen and oxygen atoms in total. The Hall–Kier alpha value is -2.98. The molecule has 0 aromatic heterocycles. The predicted molar refractivity (Wildman–Crippen MR) is 92.4 cm³/mol. The van der Waals surface area contributed by atoms with E-state index in [2.05, 4.69) is 10.0 Å². The molecule has 1 aliphatic rings. The van der Waals surface area contributed by atoms with Crippen molar-refractivity contribution in [3.63, 3.8) is 0 Å². The summed E-state index contributed by atoms with van der Waals surface area (Å²) in [6, 6.07) is 7.43. The lowest BCUT2D eigenvalue weighted by molar-refractivity contribution is -0.138. The van der Waals surface area contributed by atoms with Gasteiger partial charge in [0.25, 0.3) is 5.91 Å². The van der Waals surface area contributed by atoms with Gasteiger partial charge in [0.15, 0.2) is 6.61 Å². The van der Waals surface area contributed by atoms with E-state index in [1.54, 1.807) is 0 Å². The maximum atomic E-state index is 13.0. The minimum atomic E-state index is -4.20. The van der Waals surface area contributed by atoms with Crippen molar-refractivity contribution in [3.05, 3.63) is 53.8 Å². The van der Waals surface area contributed by atoms with E-state index in [9.17, 15) is 27.5 Å². The highest BCUT2D eigenvalue weighted by molar-refractivity contribution is 7.89. The molecular formula is C17H15FN2O6S. The fourth-order valence-corrected chi connectivity index (χ4v) is 3.74.